The van der Waals surface area contributed by atoms with Gasteiger partial charge in [0.25, 0.3) is 0 Å². The molecule has 110 valence electrons. The van der Waals surface area contributed by atoms with Crippen molar-refractivity contribution < 1.29 is 19.2 Å². The molecular weight excluding hydrogens is 262 g/mol. The summed E-state index contributed by atoms with van der Waals surface area (Å²) in [5.41, 5.74) is 0.889. The predicted molar refractivity (Wildman–Crippen MR) is 72.8 cm³/mol. The lowest BCUT2D eigenvalue weighted by molar-refractivity contribution is -0.526. The molecule has 0 bridgehead atoms. The number of hydrogen-bond donors (Lipinski definition) is 0. The van der Waals surface area contributed by atoms with Crippen LogP contribution in [0.2, 0.25) is 0 Å². The van der Waals surface area contributed by atoms with E-state index < -0.39 is 12.0 Å². The van der Waals surface area contributed by atoms with Crippen molar-refractivity contribution in [1.82, 2.24) is 0 Å². The van der Waals surface area contributed by atoms with Crippen LogP contribution in [0.4, 0.5) is 0 Å². The Labute approximate surface area is 117 Å². The molecule has 0 saturated carbocycles. The minimum atomic E-state index is -0.834. The van der Waals surface area contributed by atoms with E-state index >= 15 is 0 Å². The summed E-state index contributed by atoms with van der Waals surface area (Å²) in [6.45, 7) is 0. The van der Waals surface area contributed by atoms with Crippen LogP contribution in [-0.4, -0.2) is 31.2 Å². The van der Waals surface area contributed by atoms with E-state index in [-0.39, 0.29) is 30.3 Å². The van der Waals surface area contributed by atoms with E-state index in [2.05, 4.69) is 4.74 Å². The normalized spacial score (nSPS) is 13.5. The smallest absolute Gasteiger partial charge is 0.305 e. The molecule has 0 unspecified atom stereocenters. The fourth-order valence-electron chi connectivity index (χ4n) is 1.98. The SMILES string of the molecule is COC(=O)CC[C@@H](C[C@@H](OC)c1ccccc1)[N+](=O)[O-]. The zero-order valence-electron chi connectivity index (χ0n) is 11.7. The van der Waals surface area contributed by atoms with E-state index in [0.717, 1.165) is 5.56 Å². The molecule has 2 atom stereocenters. The highest BCUT2D eigenvalue weighted by molar-refractivity contribution is 5.69. The van der Waals surface area contributed by atoms with Crippen molar-refractivity contribution in [3.8, 4) is 0 Å². The van der Waals surface area contributed by atoms with Crippen molar-refractivity contribution in [1.29, 1.82) is 0 Å². The molecule has 0 aliphatic carbocycles. The number of hydrogen-bond acceptors (Lipinski definition) is 5. The van der Waals surface area contributed by atoms with Crippen molar-refractivity contribution in [3.63, 3.8) is 0 Å². The summed E-state index contributed by atoms with van der Waals surface area (Å²) in [6.07, 6.45) is 0.0498. The number of esters is 1. The Hall–Kier alpha value is -1.95. The second-order valence-electron chi connectivity index (χ2n) is 4.42. The molecule has 0 heterocycles. The first-order chi connectivity index (χ1) is 9.58. The first kappa shape index (κ1) is 16.1. The first-order valence-corrected chi connectivity index (χ1v) is 6.36. The standard InChI is InChI=1S/C14H19NO5/c1-19-13(11-6-4-3-5-7-11)10-12(15(17)18)8-9-14(16)20-2/h3-7,12-13H,8-10H2,1-2H3/t12-,13+/m0/s1. The fourth-order valence-corrected chi connectivity index (χ4v) is 1.98. The number of ether oxygens (including phenoxy) is 2. The number of nitro groups is 1. The van der Waals surface area contributed by atoms with Gasteiger partial charge in [-0.25, -0.2) is 0 Å². The topological polar surface area (TPSA) is 78.7 Å². The minimum Gasteiger partial charge on any atom is -0.469 e. The summed E-state index contributed by atoms with van der Waals surface area (Å²) in [5, 5.41) is 11.1. The molecule has 0 aromatic heterocycles. The van der Waals surface area contributed by atoms with Crippen LogP contribution >= 0.6 is 0 Å². The summed E-state index contributed by atoms with van der Waals surface area (Å²) < 4.78 is 9.83. The fraction of sp³-hybridized carbons (Fsp3) is 0.500. The Balaban J connectivity index is 2.68. The van der Waals surface area contributed by atoms with Crippen molar-refractivity contribution in [2.45, 2.75) is 31.4 Å². The lowest BCUT2D eigenvalue weighted by atomic mass is 9.99. The Morgan fingerprint density at radius 3 is 2.45 bits per heavy atom. The quantitative estimate of drug-likeness (QED) is 0.415. The number of nitrogens with zero attached hydrogens (tertiary/aromatic N) is 1. The second-order valence-corrected chi connectivity index (χ2v) is 4.42. The van der Waals surface area contributed by atoms with Gasteiger partial charge in [0.1, 0.15) is 0 Å². The highest BCUT2D eigenvalue weighted by Crippen LogP contribution is 2.24. The van der Waals surface area contributed by atoms with E-state index in [9.17, 15) is 14.9 Å². The van der Waals surface area contributed by atoms with E-state index in [1.54, 1.807) is 0 Å². The van der Waals surface area contributed by atoms with Crippen molar-refractivity contribution in [2.75, 3.05) is 14.2 Å². The average molecular weight is 281 g/mol. The van der Waals surface area contributed by atoms with Gasteiger partial charge in [-0.1, -0.05) is 30.3 Å². The van der Waals surface area contributed by atoms with Gasteiger partial charge in [0, 0.05) is 24.9 Å². The van der Waals surface area contributed by atoms with Crippen LogP contribution in [0.25, 0.3) is 0 Å². The molecule has 0 saturated heterocycles. The first-order valence-electron chi connectivity index (χ1n) is 6.36. The molecule has 6 heteroatoms. The van der Waals surface area contributed by atoms with E-state index in [0.29, 0.717) is 0 Å². The van der Waals surface area contributed by atoms with E-state index in [1.807, 2.05) is 30.3 Å². The molecule has 0 aliphatic heterocycles. The van der Waals surface area contributed by atoms with Crippen molar-refractivity contribution in [3.05, 3.63) is 46.0 Å². The van der Waals surface area contributed by atoms with Gasteiger partial charge in [0.2, 0.25) is 6.04 Å². The largest absolute Gasteiger partial charge is 0.469 e. The third-order valence-electron chi connectivity index (χ3n) is 3.15. The van der Waals surface area contributed by atoms with Crippen molar-refractivity contribution >= 4 is 5.97 Å². The zero-order chi connectivity index (χ0) is 15.0. The molecule has 0 fully saturated rings. The minimum absolute atomic E-state index is 0.0351. The van der Waals surface area contributed by atoms with Crippen LogP contribution in [0, 0.1) is 10.1 Å². The monoisotopic (exact) mass is 281 g/mol. The molecule has 0 aliphatic rings. The van der Waals surface area contributed by atoms with Crippen LogP contribution in [0.15, 0.2) is 30.3 Å². The molecule has 0 spiro atoms. The lowest BCUT2D eigenvalue weighted by Crippen LogP contribution is -2.24. The third-order valence-corrected chi connectivity index (χ3v) is 3.15. The van der Waals surface area contributed by atoms with Gasteiger partial charge in [-0.3, -0.25) is 14.9 Å². The number of benzene rings is 1. The molecule has 0 amide bonds. The zero-order valence-corrected chi connectivity index (χ0v) is 11.7. The van der Waals surface area contributed by atoms with Crippen LogP contribution in [0.5, 0.6) is 0 Å². The maximum Gasteiger partial charge on any atom is 0.305 e. The second kappa shape index (κ2) is 8.27. The summed E-state index contributed by atoms with van der Waals surface area (Å²) >= 11 is 0. The average Bonchev–Trinajstić information content (AvgIpc) is 2.47. The Morgan fingerprint density at radius 1 is 1.30 bits per heavy atom. The van der Waals surface area contributed by atoms with Gasteiger partial charge in [0.15, 0.2) is 0 Å². The Morgan fingerprint density at radius 2 is 1.95 bits per heavy atom. The third kappa shape index (κ3) is 4.97. The number of rotatable bonds is 8. The van der Waals surface area contributed by atoms with Gasteiger partial charge < -0.3 is 9.47 Å². The summed E-state index contributed by atoms with van der Waals surface area (Å²) in [7, 11) is 2.79. The van der Waals surface area contributed by atoms with Crippen LogP contribution in [0.1, 0.15) is 30.9 Å². The predicted octanol–water partition coefficient (Wildman–Crippen LogP) is 2.36. The maximum atomic E-state index is 11.1. The molecule has 6 nitrogen and oxygen atoms in total. The highest BCUT2D eigenvalue weighted by atomic mass is 16.6. The van der Waals surface area contributed by atoms with E-state index in [4.69, 9.17) is 4.74 Å². The molecule has 0 radical (unpaired) electrons. The van der Waals surface area contributed by atoms with Gasteiger partial charge in [-0.05, 0) is 5.56 Å². The summed E-state index contributed by atoms with van der Waals surface area (Å²) in [5.74, 6) is -0.439. The number of carbonyl (C=O) groups excluding carboxylic acids is 1. The maximum absolute atomic E-state index is 11.1. The Bertz CT molecular complexity index is 434. The summed E-state index contributed by atoms with van der Waals surface area (Å²) in [4.78, 5) is 21.8. The van der Waals surface area contributed by atoms with Gasteiger partial charge in [0.05, 0.1) is 19.6 Å². The van der Waals surface area contributed by atoms with Gasteiger partial charge >= 0.3 is 5.97 Å². The molecule has 20 heavy (non-hydrogen) atoms. The van der Waals surface area contributed by atoms with Gasteiger partial charge in [-0.15, -0.1) is 0 Å². The number of methoxy groups -OCH3 is 2. The highest BCUT2D eigenvalue weighted by Gasteiger charge is 2.27. The van der Waals surface area contributed by atoms with Crippen LogP contribution in [0.3, 0.4) is 0 Å². The summed E-state index contributed by atoms with van der Waals surface area (Å²) in [6, 6.07) is 8.49. The molecule has 1 aromatic carbocycles. The van der Waals surface area contributed by atoms with Crippen LogP contribution in [-0.2, 0) is 14.3 Å². The van der Waals surface area contributed by atoms with E-state index in [1.165, 1.54) is 14.2 Å². The number of carbonyl (C=O) groups is 1. The molecule has 1 rings (SSSR count). The van der Waals surface area contributed by atoms with Crippen molar-refractivity contribution in [2.24, 2.45) is 0 Å². The van der Waals surface area contributed by atoms with Crippen LogP contribution < -0.4 is 0 Å². The molecule has 1 aromatic rings. The van der Waals surface area contributed by atoms with Gasteiger partial charge in [-0.2, -0.15) is 0 Å². The lowest BCUT2D eigenvalue weighted by Gasteiger charge is -2.18. The Kier molecular flexibility index (Phi) is 6.66. The molecular formula is C14H19NO5. The molecule has 0 N–H and O–H groups in total.